The van der Waals surface area contributed by atoms with Crippen LogP contribution in [0.4, 0.5) is 0 Å². The summed E-state index contributed by atoms with van der Waals surface area (Å²) in [6.45, 7) is 5.04. The van der Waals surface area contributed by atoms with Gasteiger partial charge in [-0.2, -0.15) is 0 Å². The van der Waals surface area contributed by atoms with E-state index >= 15 is 0 Å². The van der Waals surface area contributed by atoms with Crippen LogP contribution in [0.15, 0.2) is 0 Å². The molecule has 0 aromatic heterocycles. The largest absolute Gasteiger partial charge is 0.466 e. The highest BCUT2D eigenvalue weighted by atomic mass is 16.6. The average Bonchev–Trinajstić information content (AvgIpc) is 1.84. The Balaban J connectivity index is 3.61. The fourth-order valence-electron chi connectivity index (χ4n) is 0.780. The molecule has 4 heteroatoms. The summed E-state index contributed by atoms with van der Waals surface area (Å²) in [7, 11) is 0. The van der Waals surface area contributed by atoms with Crippen LogP contribution in [0.1, 0.15) is 27.2 Å². The summed E-state index contributed by atoms with van der Waals surface area (Å²) >= 11 is 0. The number of esters is 2. The summed E-state index contributed by atoms with van der Waals surface area (Å²) in [5, 5.41) is 0. The Morgan fingerprint density at radius 3 is 2.42 bits per heavy atom. The Morgan fingerprint density at radius 2 is 2.00 bits per heavy atom. The molecule has 0 aliphatic carbocycles. The molecule has 1 unspecified atom stereocenters. The molecule has 0 fully saturated rings. The molecule has 1 atom stereocenters. The molecule has 0 radical (unpaired) electrons. The van der Waals surface area contributed by atoms with Crippen LogP contribution in [0.3, 0.4) is 0 Å². The summed E-state index contributed by atoms with van der Waals surface area (Å²) in [6.07, 6.45) is -0.283. The average molecular weight is 174 g/mol. The SMILES string of the molecule is CCOC(=O)CC(C)OC(C)=O. The van der Waals surface area contributed by atoms with Crippen LogP contribution in [-0.2, 0) is 19.1 Å². The lowest BCUT2D eigenvalue weighted by Gasteiger charge is -2.10. The van der Waals surface area contributed by atoms with E-state index in [2.05, 4.69) is 4.74 Å². The molecule has 0 rings (SSSR count). The lowest BCUT2D eigenvalue weighted by molar-refractivity contribution is -0.152. The third-order valence-corrected chi connectivity index (χ3v) is 1.13. The summed E-state index contributed by atoms with van der Waals surface area (Å²) < 4.78 is 9.39. The van der Waals surface area contributed by atoms with E-state index in [4.69, 9.17) is 4.74 Å². The van der Waals surface area contributed by atoms with Crippen LogP contribution >= 0.6 is 0 Å². The first-order chi connectivity index (χ1) is 5.56. The molecule has 0 aromatic rings. The third kappa shape index (κ3) is 5.70. The molecular formula is C8H14O4. The van der Waals surface area contributed by atoms with Crippen molar-refractivity contribution >= 4 is 11.9 Å². The van der Waals surface area contributed by atoms with Crippen molar-refractivity contribution in [3.8, 4) is 0 Å². The molecule has 0 saturated heterocycles. The number of carbonyl (C=O) groups is 2. The Labute approximate surface area is 71.8 Å². The maximum Gasteiger partial charge on any atom is 0.309 e. The minimum atomic E-state index is -0.401. The van der Waals surface area contributed by atoms with Gasteiger partial charge in [0.1, 0.15) is 6.10 Å². The van der Waals surface area contributed by atoms with Gasteiger partial charge < -0.3 is 9.47 Å². The number of ether oxygens (including phenoxy) is 2. The van der Waals surface area contributed by atoms with Crippen molar-refractivity contribution in [2.24, 2.45) is 0 Å². The van der Waals surface area contributed by atoms with Crippen LogP contribution in [0.25, 0.3) is 0 Å². The second-order valence-corrected chi connectivity index (χ2v) is 2.43. The van der Waals surface area contributed by atoms with E-state index in [1.54, 1.807) is 13.8 Å². The van der Waals surface area contributed by atoms with Gasteiger partial charge in [0, 0.05) is 6.92 Å². The maximum absolute atomic E-state index is 10.8. The number of hydrogen-bond donors (Lipinski definition) is 0. The predicted molar refractivity (Wildman–Crippen MR) is 42.5 cm³/mol. The Kier molecular flexibility index (Phi) is 5.08. The second-order valence-electron chi connectivity index (χ2n) is 2.43. The standard InChI is InChI=1S/C8H14O4/c1-4-11-8(10)5-6(2)12-7(3)9/h6H,4-5H2,1-3H3. The normalized spacial score (nSPS) is 11.9. The molecule has 0 spiro atoms. The van der Waals surface area contributed by atoms with E-state index in [1.165, 1.54) is 6.92 Å². The number of hydrogen-bond acceptors (Lipinski definition) is 4. The molecule has 4 nitrogen and oxygen atoms in total. The monoisotopic (exact) mass is 174 g/mol. The van der Waals surface area contributed by atoms with Crippen molar-refractivity contribution in [2.75, 3.05) is 6.61 Å². The molecule has 0 N–H and O–H groups in total. The van der Waals surface area contributed by atoms with Crippen molar-refractivity contribution in [1.82, 2.24) is 0 Å². The van der Waals surface area contributed by atoms with Gasteiger partial charge in [0.25, 0.3) is 0 Å². The zero-order valence-electron chi connectivity index (χ0n) is 7.62. The van der Waals surface area contributed by atoms with E-state index < -0.39 is 6.10 Å². The minimum absolute atomic E-state index is 0.118. The lowest BCUT2D eigenvalue weighted by atomic mass is 10.3. The lowest BCUT2D eigenvalue weighted by Crippen LogP contribution is -2.18. The van der Waals surface area contributed by atoms with Crippen molar-refractivity contribution in [2.45, 2.75) is 33.3 Å². The van der Waals surface area contributed by atoms with Crippen LogP contribution in [0.2, 0.25) is 0 Å². The first-order valence-corrected chi connectivity index (χ1v) is 3.89. The van der Waals surface area contributed by atoms with Gasteiger partial charge in [-0.25, -0.2) is 0 Å². The maximum atomic E-state index is 10.8. The van der Waals surface area contributed by atoms with Crippen molar-refractivity contribution in [1.29, 1.82) is 0 Å². The third-order valence-electron chi connectivity index (χ3n) is 1.13. The van der Waals surface area contributed by atoms with E-state index in [0.717, 1.165) is 0 Å². The zero-order valence-corrected chi connectivity index (χ0v) is 7.62. The number of carbonyl (C=O) groups excluding carboxylic acids is 2. The van der Waals surface area contributed by atoms with Crippen LogP contribution < -0.4 is 0 Å². The Morgan fingerprint density at radius 1 is 1.42 bits per heavy atom. The smallest absolute Gasteiger partial charge is 0.309 e. The molecule has 0 aliphatic heterocycles. The molecule has 0 heterocycles. The number of rotatable bonds is 4. The summed E-state index contributed by atoms with van der Waals surface area (Å²) in [4.78, 5) is 21.2. The predicted octanol–water partition coefficient (Wildman–Crippen LogP) is 0.891. The van der Waals surface area contributed by atoms with Crippen LogP contribution in [0, 0.1) is 0 Å². The van der Waals surface area contributed by atoms with Gasteiger partial charge in [-0.05, 0) is 13.8 Å². The van der Waals surface area contributed by atoms with E-state index in [1.807, 2.05) is 0 Å². The zero-order chi connectivity index (χ0) is 9.56. The highest BCUT2D eigenvalue weighted by Gasteiger charge is 2.11. The van der Waals surface area contributed by atoms with Crippen LogP contribution in [0.5, 0.6) is 0 Å². The Hall–Kier alpha value is -1.06. The van der Waals surface area contributed by atoms with Crippen molar-refractivity contribution in [3.63, 3.8) is 0 Å². The summed E-state index contributed by atoms with van der Waals surface area (Å²) in [5.41, 5.74) is 0. The molecule has 0 aromatic carbocycles. The van der Waals surface area contributed by atoms with Gasteiger partial charge in [0.15, 0.2) is 0 Å². The minimum Gasteiger partial charge on any atom is -0.466 e. The van der Waals surface area contributed by atoms with E-state index in [-0.39, 0.29) is 18.4 Å². The molecule has 0 bridgehead atoms. The summed E-state index contributed by atoms with van der Waals surface area (Å²) in [6, 6.07) is 0. The highest BCUT2D eigenvalue weighted by Crippen LogP contribution is 1.99. The molecule has 0 aliphatic rings. The van der Waals surface area contributed by atoms with Gasteiger partial charge in [0.2, 0.25) is 0 Å². The fraction of sp³-hybridized carbons (Fsp3) is 0.750. The van der Waals surface area contributed by atoms with E-state index in [9.17, 15) is 9.59 Å². The van der Waals surface area contributed by atoms with Gasteiger partial charge in [-0.15, -0.1) is 0 Å². The first-order valence-electron chi connectivity index (χ1n) is 3.89. The Bertz CT molecular complexity index is 164. The van der Waals surface area contributed by atoms with Gasteiger partial charge >= 0.3 is 11.9 Å². The van der Waals surface area contributed by atoms with E-state index in [0.29, 0.717) is 6.61 Å². The summed E-state index contributed by atoms with van der Waals surface area (Å²) in [5.74, 6) is -0.724. The first kappa shape index (κ1) is 10.9. The van der Waals surface area contributed by atoms with Crippen LogP contribution in [-0.4, -0.2) is 24.6 Å². The molecule has 0 saturated carbocycles. The van der Waals surface area contributed by atoms with Crippen molar-refractivity contribution in [3.05, 3.63) is 0 Å². The van der Waals surface area contributed by atoms with Gasteiger partial charge in [0.05, 0.1) is 13.0 Å². The van der Waals surface area contributed by atoms with Crippen molar-refractivity contribution < 1.29 is 19.1 Å². The quantitative estimate of drug-likeness (QED) is 0.594. The fourth-order valence-corrected chi connectivity index (χ4v) is 0.780. The van der Waals surface area contributed by atoms with Gasteiger partial charge in [-0.3, -0.25) is 9.59 Å². The molecule has 12 heavy (non-hydrogen) atoms. The second kappa shape index (κ2) is 5.57. The molecule has 70 valence electrons. The topological polar surface area (TPSA) is 52.6 Å². The highest BCUT2D eigenvalue weighted by molar-refractivity contribution is 5.71. The van der Waals surface area contributed by atoms with Gasteiger partial charge in [-0.1, -0.05) is 0 Å². The molecular weight excluding hydrogens is 160 g/mol. The molecule has 0 amide bonds.